The molecule has 11 nitrogen and oxygen atoms in total. The number of ether oxygens (including phenoxy) is 1. The summed E-state index contributed by atoms with van der Waals surface area (Å²) in [5.41, 5.74) is 0.216. The first-order valence-electron chi connectivity index (χ1n) is 10.5. The van der Waals surface area contributed by atoms with Gasteiger partial charge in [0.05, 0.1) is 18.3 Å². The second-order valence-corrected chi connectivity index (χ2v) is 7.69. The van der Waals surface area contributed by atoms with Crippen LogP contribution in [0.1, 0.15) is 16.8 Å². The van der Waals surface area contributed by atoms with Crippen molar-refractivity contribution in [1.29, 1.82) is 0 Å². The standard InChI is InChI=1S/C22H21FN8O3/c1-24-18-10-17(27-14-6-4-8-30(22(14)33)20-13(23)5-3-7-25-20)29-19-12(11-26-31(18)19)21(32)28-15-9-16(15)34-2/h3-8,10-11,15-16,24H,9H2,1-2H3,(H,27,29)(H,28,32)/t15-,16-/m0/s1. The smallest absolute Gasteiger partial charge is 0.280 e. The number of aromatic nitrogens is 5. The number of carbonyl (C=O) groups is 1. The van der Waals surface area contributed by atoms with Crippen molar-refractivity contribution in [3.8, 4) is 5.82 Å². The lowest BCUT2D eigenvalue weighted by Crippen LogP contribution is -2.28. The zero-order valence-corrected chi connectivity index (χ0v) is 18.3. The molecule has 4 aromatic heterocycles. The highest BCUT2D eigenvalue weighted by molar-refractivity contribution is 6.00. The summed E-state index contributed by atoms with van der Waals surface area (Å²) >= 11 is 0. The number of halogens is 1. The average Bonchev–Trinajstić information content (AvgIpc) is 3.45. The highest BCUT2D eigenvalue weighted by atomic mass is 19.1. The molecule has 0 aliphatic heterocycles. The Morgan fingerprint density at radius 3 is 2.88 bits per heavy atom. The number of amides is 1. The molecule has 1 aliphatic carbocycles. The van der Waals surface area contributed by atoms with E-state index < -0.39 is 11.4 Å². The summed E-state index contributed by atoms with van der Waals surface area (Å²) in [5, 5.41) is 13.1. The van der Waals surface area contributed by atoms with Crippen LogP contribution in [0.5, 0.6) is 0 Å². The van der Waals surface area contributed by atoms with E-state index in [1.807, 2.05) is 0 Å². The summed E-state index contributed by atoms with van der Waals surface area (Å²) in [4.78, 5) is 34.3. The van der Waals surface area contributed by atoms with E-state index in [0.717, 1.165) is 11.0 Å². The molecule has 174 valence electrons. The maximum Gasteiger partial charge on any atom is 0.280 e. The fourth-order valence-corrected chi connectivity index (χ4v) is 3.64. The minimum absolute atomic E-state index is 0.00744. The van der Waals surface area contributed by atoms with E-state index in [0.29, 0.717) is 17.3 Å². The molecular formula is C22H21FN8O3. The third-order valence-electron chi connectivity index (χ3n) is 5.50. The monoisotopic (exact) mass is 464 g/mol. The molecule has 34 heavy (non-hydrogen) atoms. The van der Waals surface area contributed by atoms with Gasteiger partial charge in [0.15, 0.2) is 17.3 Å². The Morgan fingerprint density at radius 2 is 2.15 bits per heavy atom. The van der Waals surface area contributed by atoms with Gasteiger partial charge >= 0.3 is 0 Å². The zero-order valence-electron chi connectivity index (χ0n) is 18.3. The molecule has 1 aliphatic rings. The molecule has 1 amide bonds. The Morgan fingerprint density at radius 1 is 1.29 bits per heavy atom. The van der Waals surface area contributed by atoms with Crippen molar-refractivity contribution in [1.82, 2.24) is 29.5 Å². The van der Waals surface area contributed by atoms with Crippen LogP contribution in [-0.2, 0) is 4.74 Å². The van der Waals surface area contributed by atoms with Crippen molar-refractivity contribution in [2.75, 3.05) is 24.8 Å². The molecule has 0 unspecified atom stereocenters. The Labute approximate surface area is 192 Å². The predicted octanol–water partition coefficient (Wildman–Crippen LogP) is 1.72. The summed E-state index contributed by atoms with van der Waals surface area (Å²) in [5.74, 6) is -0.220. The van der Waals surface area contributed by atoms with E-state index in [9.17, 15) is 14.0 Å². The topological polar surface area (TPSA) is 127 Å². The lowest BCUT2D eigenvalue weighted by Gasteiger charge is -2.12. The van der Waals surface area contributed by atoms with Gasteiger partial charge in [-0.25, -0.2) is 14.4 Å². The molecule has 1 fully saturated rings. The number of fused-ring (bicyclic) bond motifs is 1. The van der Waals surface area contributed by atoms with Gasteiger partial charge in [-0.05, 0) is 30.7 Å². The Balaban J connectivity index is 1.50. The van der Waals surface area contributed by atoms with Gasteiger partial charge in [0.25, 0.3) is 11.5 Å². The lowest BCUT2D eigenvalue weighted by molar-refractivity contribution is 0.0936. The molecule has 2 atom stereocenters. The number of methoxy groups -OCH3 is 1. The third-order valence-corrected chi connectivity index (χ3v) is 5.50. The van der Waals surface area contributed by atoms with Crippen molar-refractivity contribution in [3.05, 3.63) is 70.7 Å². The first-order chi connectivity index (χ1) is 16.5. The van der Waals surface area contributed by atoms with Gasteiger partial charge in [-0.1, -0.05) is 0 Å². The number of hydrogen-bond donors (Lipinski definition) is 3. The normalized spacial score (nSPS) is 16.9. The van der Waals surface area contributed by atoms with Gasteiger partial charge < -0.3 is 20.7 Å². The molecule has 3 N–H and O–H groups in total. The molecule has 0 radical (unpaired) electrons. The van der Waals surface area contributed by atoms with Crippen LogP contribution < -0.4 is 21.5 Å². The minimum atomic E-state index is -0.625. The van der Waals surface area contributed by atoms with Crippen LogP contribution >= 0.6 is 0 Å². The summed E-state index contributed by atoms with van der Waals surface area (Å²) in [6, 6.07) is 7.41. The fourth-order valence-electron chi connectivity index (χ4n) is 3.64. The summed E-state index contributed by atoms with van der Waals surface area (Å²) in [6.07, 6.45) is 5.03. The van der Waals surface area contributed by atoms with Gasteiger partial charge in [0.1, 0.15) is 22.9 Å². The van der Waals surface area contributed by atoms with Crippen LogP contribution in [0, 0.1) is 5.82 Å². The number of carbonyl (C=O) groups excluding carboxylic acids is 1. The first-order valence-corrected chi connectivity index (χ1v) is 10.5. The summed E-state index contributed by atoms with van der Waals surface area (Å²) in [6.45, 7) is 0. The molecule has 0 bridgehead atoms. The second-order valence-electron chi connectivity index (χ2n) is 7.69. The lowest BCUT2D eigenvalue weighted by atomic mass is 10.3. The first kappa shape index (κ1) is 21.5. The number of pyridine rings is 2. The molecular weight excluding hydrogens is 443 g/mol. The highest BCUT2D eigenvalue weighted by Gasteiger charge is 2.39. The number of nitrogens with zero attached hydrogens (tertiary/aromatic N) is 5. The van der Waals surface area contributed by atoms with Crippen molar-refractivity contribution in [2.45, 2.75) is 18.6 Å². The number of anilines is 3. The van der Waals surface area contributed by atoms with Crippen molar-refractivity contribution in [2.24, 2.45) is 0 Å². The maximum absolute atomic E-state index is 14.2. The second kappa shape index (κ2) is 8.56. The molecule has 5 rings (SSSR count). The third kappa shape index (κ3) is 3.83. The fraction of sp³-hybridized carbons (Fsp3) is 0.227. The number of rotatable bonds is 7. The minimum Gasteiger partial charge on any atom is -0.379 e. The molecule has 4 aromatic rings. The molecule has 0 saturated heterocycles. The van der Waals surface area contributed by atoms with E-state index in [1.54, 1.807) is 32.4 Å². The summed E-state index contributed by atoms with van der Waals surface area (Å²) in [7, 11) is 3.30. The van der Waals surface area contributed by atoms with E-state index in [2.05, 4.69) is 31.0 Å². The Bertz CT molecular complexity index is 1450. The van der Waals surface area contributed by atoms with Crippen molar-refractivity contribution < 1.29 is 13.9 Å². The quantitative estimate of drug-likeness (QED) is 0.377. The van der Waals surface area contributed by atoms with Gasteiger partial charge in [0, 0.05) is 32.6 Å². The van der Waals surface area contributed by atoms with Crippen LogP contribution in [0.15, 0.2) is 53.7 Å². The molecule has 4 heterocycles. The summed E-state index contributed by atoms with van der Waals surface area (Å²) < 4.78 is 22.0. The van der Waals surface area contributed by atoms with Crippen LogP contribution in [0.2, 0.25) is 0 Å². The van der Waals surface area contributed by atoms with Gasteiger partial charge in [-0.2, -0.15) is 9.61 Å². The SMILES string of the molecule is CNc1cc(Nc2cccn(-c3ncccc3F)c2=O)nc2c(C(=O)N[C@H]3C[C@@H]3OC)cnn12. The molecule has 0 aromatic carbocycles. The van der Waals surface area contributed by atoms with E-state index in [1.165, 1.54) is 35.2 Å². The molecule has 12 heteroatoms. The molecule has 1 saturated carbocycles. The van der Waals surface area contributed by atoms with Crippen molar-refractivity contribution in [3.63, 3.8) is 0 Å². The van der Waals surface area contributed by atoms with Crippen LogP contribution in [0.4, 0.5) is 21.7 Å². The largest absolute Gasteiger partial charge is 0.379 e. The van der Waals surface area contributed by atoms with Gasteiger partial charge in [0.2, 0.25) is 0 Å². The van der Waals surface area contributed by atoms with Gasteiger partial charge in [-0.15, -0.1) is 0 Å². The van der Waals surface area contributed by atoms with Crippen LogP contribution in [0.3, 0.4) is 0 Å². The Hall–Kier alpha value is -4.32. The zero-order chi connectivity index (χ0) is 23.8. The van der Waals surface area contributed by atoms with Crippen LogP contribution in [-0.4, -0.2) is 56.4 Å². The highest BCUT2D eigenvalue weighted by Crippen LogP contribution is 2.26. The number of hydrogen-bond acceptors (Lipinski definition) is 8. The van der Waals surface area contributed by atoms with Gasteiger partial charge in [-0.3, -0.25) is 14.2 Å². The Kier molecular flexibility index (Phi) is 5.42. The maximum atomic E-state index is 14.2. The van der Waals surface area contributed by atoms with E-state index in [4.69, 9.17) is 4.74 Å². The number of nitrogens with one attached hydrogen (secondary N) is 3. The van der Waals surface area contributed by atoms with Crippen LogP contribution in [0.25, 0.3) is 11.5 Å². The average molecular weight is 464 g/mol. The predicted molar refractivity (Wildman–Crippen MR) is 122 cm³/mol. The molecule has 0 spiro atoms. The van der Waals surface area contributed by atoms with E-state index in [-0.39, 0.29) is 35.1 Å². The van der Waals surface area contributed by atoms with E-state index >= 15 is 0 Å². The van der Waals surface area contributed by atoms with Crippen molar-refractivity contribution >= 4 is 28.9 Å².